The van der Waals surface area contributed by atoms with E-state index >= 15 is 0 Å². The Labute approximate surface area is 191 Å². The highest BCUT2D eigenvalue weighted by molar-refractivity contribution is 5.96. The predicted octanol–water partition coefficient (Wildman–Crippen LogP) is 4.77. The molecule has 0 atom stereocenters. The number of pyridine rings is 1. The van der Waals surface area contributed by atoms with Crippen LogP contribution in [0.5, 0.6) is 0 Å². The Kier molecular flexibility index (Phi) is 8.49. The molecular formula is C22H26ClF3N4O2. The van der Waals surface area contributed by atoms with Crippen LogP contribution < -0.4 is 5.32 Å². The number of rotatable bonds is 3. The lowest BCUT2D eigenvalue weighted by atomic mass is 10.1. The number of benzene rings is 1. The zero-order valence-electron chi connectivity index (χ0n) is 17.9. The number of aryl methyl sites for hydroxylation is 2. The zero-order valence-corrected chi connectivity index (χ0v) is 18.7. The lowest BCUT2D eigenvalue weighted by Gasteiger charge is -2.24. The monoisotopic (exact) mass is 470 g/mol. The van der Waals surface area contributed by atoms with E-state index in [0.717, 1.165) is 41.7 Å². The normalized spacial score (nSPS) is 14.4. The maximum absolute atomic E-state index is 13.3. The molecule has 2 heterocycles. The Balaban J connectivity index is 0.00000363. The van der Waals surface area contributed by atoms with Gasteiger partial charge in [0.15, 0.2) is 0 Å². The number of amides is 3. The topological polar surface area (TPSA) is 65.5 Å². The van der Waals surface area contributed by atoms with Crippen LogP contribution in [0.15, 0.2) is 36.7 Å². The Morgan fingerprint density at radius 2 is 1.78 bits per heavy atom. The van der Waals surface area contributed by atoms with Gasteiger partial charge >= 0.3 is 12.2 Å². The third kappa shape index (κ3) is 5.70. The third-order valence-corrected chi connectivity index (χ3v) is 5.40. The van der Waals surface area contributed by atoms with Crippen molar-refractivity contribution >= 4 is 30.0 Å². The van der Waals surface area contributed by atoms with Gasteiger partial charge in [0.25, 0.3) is 5.91 Å². The standard InChI is InChI=1S/C22H25F3N4O2.ClH/c1-3-16-7-4-6-15(2)19(16)27-21(31)29-11-5-10-28(12-13-29)20(30)17-14-26-9-8-18(17)22(23,24)25;/h4,6-9,14H,3,5,10-13H2,1-2H3,(H,27,31);1H. The first-order valence-electron chi connectivity index (χ1n) is 10.2. The second-order valence-corrected chi connectivity index (χ2v) is 7.44. The molecule has 1 saturated heterocycles. The van der Waals surface area contributed by atoms with Gasteiger partial charge in [-0.3, -0.25) is 9.78 Å². The molecule has 0 saturated carbocycles. The predicted molar refractivity (Wildman–Crippen MR) is 118 cm³/mol. The first-order chi connectivity index (χ1) is 14.7. The fourth-order valence-corrected chi connectivity index (χ4v) is 3.69. The van der Waals surface area contributed by atoms with Crippen molar-refractivity contribution in [3.63, 3.8) is 0 Å². The SMILES string of the molecule is CCc1cccc(C)c1NC(=O)N1CCCN(C(=O)c2cnccc2C(F)(F)F)CC1.Cl. The first-order valence-corrected chi connectivity index (χ1v) is 10.2. The second-order valence-electron chi connectivity index (χ2n) is 7.44. The quantitative estimate of drug-likeness (QED) is 0.702. The van der Waals surface area contributed by atoms with Gasteiger partial charge in [-0.25, -0.2) is 4.79 Å². The summed E-state index contributed by atoms with van der Waals surface area (Å²) >= 11 is 0. The van der Waals surface area contributed by atoms with Crippen LogP contribution in [-0.2, 0) is 12.6 Å². The highest BCUT2D eigenvalue weighted by Gasteiger charge is 2.36. The molecule has 0 unspecified atom stereocenters. The van der Waals surface area contributed by atoms with Crippen molar-refractivity contribution in [1.82, 2.24) is 14.8 Å². The summed E-state index contributed by atoms with van der Waals surface area (Å²) in [5.41, 5.74) is 1.28. The summed E-state index contributed by atoms with van der Waals surface area (Å²) < 4.78 is 39.8. The van der Waals surface area contributed by atoms with Gasteiger partial charge in [0.2, 0.25) is 0 Å². The minimum Gasteiger partial charge on any atom is -0.337 e. The average Bonchev–Trinajstić information content (AvgIpc) is 3.00. The number of halogens is 4. The molecule has 1 N–H and O–H groups in total. The molecule has 0 bridgehead atoms. The van der Waals surface area contributed by atoms with E-state index in [0.29, 0.717) is 13.0 Å². The van der Waals surface area contributed by atoms with Crippen LogP contribution in [0.4, 0.5) is 23.7 Å². The number of urea groups is 1. The van der Waals surface area contributed by atoms with E-state index in [1.54, 1.807) is 4.90 Å². The number of carbonyl (C=O) groups excluding carboxylic acids is 2. The second kappa shape index (κ2) is 10.7. The highest BCUT2D eigenvalue weighted by atomic mass is 35.5. The van der Waals surface area contributed by atoms with Crippen LogP contribution in [0.1, 0.15) is 40.4 Å². The van der Waals surface area contributed by atoms with E-state index in [9.17, 15) is 22.8 Å². The van der Waals surface area contributed by atoms with Crippen LogP contribution in [0.3, 0.4) is 0 Å². The number of hydrogen-bond acceptors (Lipinski definition) is 3. The smallest absolute Gasteiger partial charge is 0.337 e. The number of aromatic nitrogens is 1. The number of para-hydroxylation sites is 1. The number of nitrogens with one attached hydrogen (secondary N) is 1. The van der Waals surface area contributed by atoms with E-state index in [1.807, 2.05) is 32.0 Å². The molecule has 3 amide bonds. The van der Waals surface area contributed by atoms with Crippen molar-refractivity contribution in [1.29, 1.82) is 0 Å². The van der Waals surface area contributed by atoms with Crippen LogP contribution in [0.2, 0.25) is 0 Å². The zero-order chi connectivity index (χ0) is 22.6. The fraction of sp³-hybridized carbons (Fsp3) is 0.409. The van der Waals surface area contributed by atoms with Gasteiger partial charge in [-0.2, -0.15) is 13.2 Å². The van der Waals surface area contributed by atoms with Crippen molar-refractivity contribution in [2.45, 2.75) is 32.9 Å². The van der Waals surface area contributed by atoms with Crippen LogP contribution in [0.25, 0.3) is 0 Å². The fourth-order valence-electron chi connectivity index (χ4n) is 3.69. The lowest BCUT2D eigenvalue weighted by Crippen LogP contribution is -2.39. The maximum atomic E-state index is 13.3. The van der Waals surface area contributed by atoms with Crippen molar-refractivity contribution in [2.75, 3.05) is 31.5 Å². The molecule has 6 nitrogen and oxygen atoms in total. The van der Waals surface area contributed by atoms with Crippen molar-refractivity contribution in [2.24, 2.45) is 0 Å². The molecule has 1 aliphatic heterocycles. The van der Waals surface area contributed by atoms with Gasteiger partial charge in [0.1, 0.15) is 0 Å². The van der Waals surface area contributed by atoms with E-state index in [-0.39, 0.29) is 38.1 Å². The molecule has 174 valence electrons. The maximum Gasteiger partial charge on any atom is 0.417 e. The van der Waals surface area contributed by atoms with Gasteiger partial charge in [0.05, 0.1) is 11.1 Å². The van der Waals surface area contributed by atoms with Crippen LogP contribution >= 0.6 is 12.4 Å². The molecule has 1 fully saturated rings. The first kappa shape index (κ1) is 25.5. The number of alkyl halides is 3. The number of carbonyl (C=O) groups is 2. The summed E-state index contributed by atoms with van der Waals surface area (Å²) in [7, 11) is 0. The Morgan fingerprint density at radius 3 is 2.47 bits per heavy atom. The number of anilines is 1. The van der Waals surface area contributed by atoms with Gasteiger partial charge in [-0.05, 0) is 37.0 Å². The molecule has 2 aromatic rings. The minimum atomic E-state index is -4.64. The molecule has 0 aliphatic carbocycles. The van der Waals surface area contributed by atoms with Gasteiger partial charge in [-0.1, -0.05) is 25.1 Å². The largest absolute Gasteiger partial charge is 0.417 e. The van der Waals surface area contributed by atoms with Crippen LogP contribution in [0, 0.1) is 6.92 Å². The lowest BCUT2D eigenvalue weighted by molar-refractivity contribution is -0.138. The summed E-state index contributed by atoms with van der Waals surface area (Å²) in [6.07, 6.45) is -1.44. The van der Waals surface area contributed by atoms with E-state index < -0.39 is 23.2 Å². The summed E-state index contributed by atoms with van der Waals surface area (Å²) in [4.78, 5) is 32.2. The molecule has 1 aliphatic rings. The molecule has 10 heteroatoms. The van der Waals surface area contributed by atoms with E-state index in [1.165, 1.54) is 4.90 Å². The van der Waals surface area contributed by atoms with Gasteiger partial charge in [0, 0.05) is 44.3 Å². The molecule has 0 radical (unpaired) electrons. The Bertz CT molecular complexity index is 968. The number of hydrogen-bond donors (Lipinski definition) is 1. The summed E-state index contributed by atoms with van der Waals surface area (Å²) in [5, 5.41) is 2.96. The summed E-state index contributed by atoms with van der Waals surface area (Å²) in [6.45, 7) is 4.97. The van der Waals surface area contributed by atoms with E-state index in [4.69, 9.17) is 0 Å². The molecule has 1 aromatic heterocycles. The molecule has 32 heavy (non-hydrogen) atoms. The van der Waals surface area contributed by atoms with E-state index in [2.05, 4.69) is 10.3 Å². The molecule has 0 spiro atoms. The summed E-state index contributed by atoms with van der Waals surface area (Å²) in [6, 6.07) is 6.34. The molecule has 3 rings (SSSR count). The highest BCUT2D eigenvalue weighted by Crippen LogP contribution is 2.32. The third-order valence-electron chi connectivity index (χ3n) is 5.40. The minimum absolute atomic E-state index is 0. The molecular weight excluding hydrogens is 445 g/mol. The van der Waals surface area contributed by atoms with Gasteiger partial charge in [-0.15, -0.1) is 12.4 Å². The van der Waals surface area contributed by atoms with Crippen molar-refractivity contribution < 1.29 is 22.8 Å². The van der Waals surface area contributed by atoms with Crippen LogP contribution in [-0.4, -0.2) is 52.9 Å². The van der Waals surface area contributed by atoms with Crippen molar-refractivity contribution in [3.05, 3.63) is 58.9 Å². The summed E-state index contributed by atoms with van der Waals surface area (Å²) in [5.74, 6) is -0.727. The Hall–Kier alpha value is -2.81. The average molecular weight is 471 g/mol. The Morgan fingerprint density at radius 1 is 1.09 bits per heavy atom. The van der Waals surface area contributed by atoms with Crippen molar-refractivity contribution in [3.8, 4) is 0 Å². The van der Waals surface area contributed by atoms with Gasteiger partial charge < -0.3 is 15.1 Å². The molecule has 1 aromatic carbocycles. The number of nitrogens with zero attached hydrogens (tertiary/aromatic N) is 3.